The Balaban J connectivity index is 1.54. The van der Waals surface area contributed by atoms with Crippen molar-refractivity contribution in [2.75, 3.05) is 0 Å². The number of hydrogen-bond acceptors (Lipinski definition) is 2. The SMILES string of the molecule is NCc1cccc(Cn2cc(-n3c(-c4c[nH]c5ccccc45)c[nH]c3=O)c3ccccc32)c1. The Morgan fingerprint density at radius 2 is 1.61 bits per heavy atom. The molecule has 0 radical (unpaired) electrons. The van der Waals surface area contributed by atoms with Crippen LogP contribution in [0.15, 0.2) is 96.2 Å². The van der Waals surface area contributed by atoms with Crippen LogP contribution in [0.2, 0.25) is 0 Å². The Kier molecular flexibility index (Phi) is 4.52. The maximum Gasteiger partial charge on any atom is 0.330 e. The van der Waals surface area contributed by atoms with Crippen molar-refractivity contribution in [2.24, 2.45) is 5.73 Å². The van der Waals surface area contributed by atoms with Crippen LogP contribution >= 0.6 is 0 Å². The molecule has 0 aliphatic carbocycles. The van der Waals surface area contributed by atoms with E-state index in [4.69, 9.17) is 5.73 Å². The molecule has 3 aromatic heterocycles. The molecule has 6 rings (SSSR count). The Morgan fingerprint density at radius 1 is 0.818 bits per heavy atom. The van der Waals surface area contributed by atoms with Crippen molar-refractivity contribution >= 4 is 21.8 Å². The standard InChI is InChI=1S/C27H23N5O/c28-13-18-6-5-7-19(12-18)16-31-17-26(21-9-2-4-11-24(21)31)32-25(15-30-27(32)33)22-14-29-23-10-3-1-8-20(22)23/h1-12,14-15,17,29H,13,16,28H2,(H,30,33). The predicted molar refractivity (Wildman–Crippen MR) is 133 cm³/mol. The van der Waals surface area contributed by atoms with Gasteiger partial charge in [-0.05, 0) is 23.3 Å². The van der Waals surface area contributed by atoms with Gasteiger partial charge in [-0.15, -0.1) is 0 Å². The summed E-state index contributed by atoms with van der Waals surface area (Å²) < 4.78 is 3.96. The first-order valence-corrected chi connectivity index (χ1v) is 11.0. The number of imidazole rings is 1. The van der Waals surface area contributed by atoms with Gasteiger partial charge in [0.25, 0.3) is 0 Å². The minimum atomic E-state index is -0.164. The Bertz CT molecular complexity index is 1660. The molecule has 6 heteroatoms. The summed E-state index contributed by atoms with van der Waals surface area (Å²) in [4.78, 5) is 19.3. The molecule has 0 fully saturated rings. The molecule has 3 aromatic carbocycles. The molecule has 0 aliphatic rings. The molecule has 0 amide bonds. The molecular weight excluding hydrogens is 410 g/mol. The minimum Gasteiger partial charge on any atom is -0.360 e. The van der Waals surface area contributed by atoms with Gasteiger partial charge in [0, 0.05) is 53.5 Å². The van der Waals surface area contributed by atoms with E-state index >= 15 is 0 Å². The van der Waals surface area contributed by atoms with Crippen LogP contribution in [-0.2, 0) is 13.1 Å². The average molecular weight is 434 g/mol. The highest BCUT2D eigenvalue weighted by Gasteiger charge is 2.18. The summed E-state index contributed by atoms with van der Waals surface area (Å²) in [6, 6.07) is 24.6. The van der Waals surface area contributed by atoms with Crippen molar-refractivity contribution in [3.05, 3.63) is 113 Å². The fourth-order valence-corrected chi connectivity index (χ4v) is 4.68. The number of aromatic nitrogens is 4. The molecule has 0 bridgehead atoms. The first-order valence-electron chi connectivity index (χ1n) is 11.0. The van der Waals surface area contributed by atoms with E-state index in [-0.39, 0.29) is 5.69 Å². The van der Waals surface area contributed by atoms with E-state index in [1.165, 1.54) is 5.56 Å². The molecule has 0 saturated carbocycles. The van der Waals surface area contributed by atoms with Gasteiger partial charge in [0.05, 0.1) is 16.9 Å². The van der Waals surface area contributed by atoms with Crippen molar-refractivity contribution in [3.8, 4) is 16.9 Å². The second-order valence-electron chi connectivity index (χ2n) is 8.25. The molecule has 6 aromatic rings. The summed E-state index contributed by atoms with van der Waals surface area (Å²) in [5.74, 6) is 0. The number of H-pyrrole nitrogens is 2. The fraction of sp³-hybridized carbons (Fsp3) is 0.0741. The zero-order chi connectivity index (χ0) is 22.4. The monoisotopic (exact) mass is 433 g/mol. The van der Waals surface area contributed by atoms with Crippen molar-refractivity contribution < 1.29 is 0 Å². The lowest BCUT2D eigenvalue weighted by molar-refractivity contribution is 0.827. The molecule has 0 spiro atoms. The van der Waals surface area contributed by atoms with E-state index in [0.29, 0.717) is 13.1 Å². The number of hydrogen-bond donors (Lipinski definition) is 3. The van der Waals surface area contributed by atoms with Crippen molar-refractivity contribution in [1.82, 2.24) is 19.1 Å². The van der Waals surface area contributed by atoms with Gasteiger partial charge in [0.2, 0.25) is 0 Å². The third-order valence-electron chi connectivity index (χ3n) is 6.23. The number of nitrogens with two attached hydrogens (primary N) is 1. The molecule has 0 unspecified atom stereocenters. The zero-order valence-corrected chi connectivity index (χ0v) is 18.0. The van der Waals surface area contributed by atoms with E-state index in [1.54, 1.807) is 10.8 Å². The average Bonchev–Trinajstić information content (AvgIpc) is 3.54. The Morgan fingerprint density at radius 3 is 2.48 bits per heavy atom. The topological polar surface area (TPSA) is 84.5 Å². The number of nitrogens with one attached hydrogen (secondary N) is 2. The number of aromatic amines is 2. The zero-order valence-electron chi connectivity index (χ0n) is 18.0. The van der Waals surface area contributed by atoms with Crippen LogP contribution in [-0.4, -0.2) is 19.1 Å². The highest BCUT2D eigenvalue weighted by Crippen LogP contribution is 2.32. The van der Waals surface area contributed by atoms with Crippen molar-refractivity contribution in [2.45, 2.75) is 13.1 Å². The summed E-state index contributed by atoms with van der Waals surface area (Å²) in [7, 11) is 0. The van der Waals surface area contributed by atoms with Crippen LogP contribution in [0.1, 0.15) is 11.1 Å². The second-order valence-corrected chi connectivity index (χ2v) is 8.25. The molecule has 0 saturated heterocycles. The summed E-state index contributed by atoms with van der Waals surface area (Å²) in [5.41, 5.74) is 12.7. The highest BCUT2D eigenvalue weighted by molar-refractivity contribution is 5.96. The lowest BCUT2D eigenvalue weighted by atomic mass is 10.1. The van der Waals surface area contributed by atoms with E-state index < -0.39 is 0 Å². The number of para-hydroxylation sites is 2. The lowest BCUT2D eigenvalue weighted by Crippen LogP contribution is -2.15. The van der Waals surface area contributed by atoms with Crippen LogP contribution in [0.5, 0.6) is 0 Å². The van der Waals surface area contributed by atoms with Gasteiger partial charge in [-0.25, -0.2) is 4.79 Å². The third kappa shape index (κ3) is 3.20. The number of rotatable bonds is 5. The number of fused-ring (bicyclic) bond motifs is 2. The minimum absolute atomic E-state index is 0.164. The Hall–Kier alpha value is -4.29. The normalized spacial score (nSPS) is 11.5. The molecule has 0 atom stereocenters. The predicted octanol–water partition coefficient (Wildman–Crippen LogP) is 4.78. The summed E-state index contributed by atoms with van der Waals surface area (Å²) in [5, 5.41) is 2.10. The summed E-state index contributed by atoms with van der Waals surface area (Å²) >= 11 is 0. The molecule has 3 heterocycles. The van der Waals surface area contributed by atoms with E-state index in [2.05, 4.69) is 51.1 Å². The smallest absolute Gasteiger partial charge is 0.330 e. The lowest BCUT2D eigenvalue weighted by Gasteiger charge is -2.07. The van der Waals surface area contributed by atoms with Crippen LogP contribution in [0.25, 0.3) is 38.8 Å². The third-order valence-corrected chi connectivity index (χ3v) is 6.23. The molecule has 0 aliphatic heterocycles. The molecule has 33 heavy (non-hydrogen) atoms. The second kappa shape index (κ2) is 7.69. The maximum absolute atomic E-state index is 13.0. The summed E-state index contributed by atoms with van der Waals surface area (Å²) in [6.07, 6.45) is 5.81. The van der Waals surface area contributed by atoms with Crippen molar-refractivity contribution in [1.29, 1.82) is 0 Å². The first-order chi connectivity index (χ1) is 16.2. The highest BCUT2D eigenvalue weighted by atomic mass is 16.1. The Labute approximate surface area is 189 Å². The van der Waals surface area contributed by atoms with Gasteiger partial charge in [0.1, 0.15) is 0 Å². The maximum atomic E-state index is 13.0. The molecular formula is C27H23N5O. The number of nitrogens with zero attached hydrogens (tertiary/aromatic N) is 2. The molecule has 4 N–H and O–H groups in total. The van der Waals surface area contributed by atoms with Crippen LogP contribution in [0.4, 0.5) is 0 Å². The van der Waals surface area contributed by atoms with Crippen LogP contribution in [0, 0.1) is 0 Å². The first kappa shape index (κ1) is 19.4. The van der Waals surface area contributed by atoms with Gasteiger partial charge in [0.15, 0.2) is 0 Å². The fourth-order valence-electron chi connectivity index (χ4n) is 4.68. The van der Waals surface area contributed by atoms with Crippen LogP contribution in [0.3, 0.4) is 0 Å². The van der Waals surface area contributed by atoms with Gasteiger partial charge in [-0.3, -0.25) is 4.57 Å². The van der Waals surface area contributed by atoms with Crippen molar-refractivity contribution in [3.63, 3.8) is 0 Å². The summed E-state index contributed by atoms with van der Waals surface area (Å²) in [6.45, 7) is 1.20. The van der Waals surface area contributed by atoms with Crippen LogP contribution < -0.4 is 11.4 Å². The van der Waals surface area contributed by atoms with E-state index in [0.717, 1.165) is 44.3 Å². The van der Waals surface area contributed by atoms with Gasteiger partial charge < -0.3 is 20.3 Å². The van der Waals surface area contributed by atoms with Gasteiger partial charge in [-0.2, -0.15) is 0 Å². The van der Waals surface area contributed by atoms with Gasteiger partial charge >= 0.3 is 5.69 Å². The quantitative estimate of drug-likeness (QED) is 0.366. The molecule has 162 valence electrons. The largest absolute Gasteiger partial charge is 0.360 e. The van der Waals surface area contributed by atoms with E-state index in [9.17, 15) is 4.79 Å². The van der Waals surface area contributed by atoms with Gasteiger partial charge in [-0.1, -0.05) is 60.7 Å². The molecule has 6 nitrogen and oxygen atoms in total. The van der Waals surface area contributed by atoms with E-state index in [1.807, 2.05) is 48.7 Å². The number of benzene rings is 3.